The van der Waals surface area contributed by atoms with Crippen LogP contribution in [0.4, 0.5) is 0 Å². The first kappa shape index (κ1) is 15.9. The van der Waals surface area contributed by atoms with Gasteiger partial charge in [0.15, 0.2) is 0 Å². The highest BCUT2D eigenvalue weighted by molar-refractivity contribution is 7.42. The molecular formula is C16H26NO2P. The second-order valence-electron chi connectivity index (χ2n) is 5.73. The Morgan fingerprint density at radius 2 is 1.55 bits per heavy atom. The van der Waals surface area contributed by atoms with Gasteiger partial charge in [0.25, 0.3) is 8.53 Å². The molecule has 1 atom stereocenters. The molecule has 2 rings (SSSR count). The Kier molecular flexibility index (Phi) is 6.44. The smallest absolute Gasteiger partial charge is 0.253 e. The topological polar surface area (TPSA) is 43.7 Å². The maximum Gasteiger partial charge on any atom is 0.253 e. The number of rotatable bonds is 4. The van der Waals surface area contributed by atoms with Gasteiger partial charge in [-0.1, -0.05) is 62.4 Å². The Bertz CT molecular complexity index is 377. The first-order valence-corrected chi connectivity index (χ1v) is 8.91. The van der Waals surface area contributed by atoms with Crippen LogP contribution < -0.4 is 0 Å². The molecule has 0 bridgehead atoms. The standard InChI is InChI=1S/C16H26NO2P/c1-14(15-10-6-5-7-11-15)17(20(18)19)16-12-8-3-2-4-9-13-16/h5-7,10-11,14,16,18-19H,2-4,8-9,12-13H2,1H3/t14-/m1/s1. The average Bonchev–Trinajstić information content (AvgIpc) is 2.41. The number of benzene rings is 1. The van der Waals surface area contributed by atoms with E-state index in [4.69, 9.17) is 0 Å². The summed E-state index contributed by atoms with van der Waals surface area (Å²) in [4.78, 5) is 19.8. The third-order valence-corrected chi connectivity index (χ3v) is 5.42. The molecule has 0 saturated heterocycles. The molecule has 112 valence electrons. The summed E-state index contributed by atoms with van der Waals surface area (Å²) in [5.74, 6) is 0. The fraction of sp³-hybridized carbons (Fsp3) is 0.625. The van der Waals surface area contributed by atoms with Crippen molar-refractivity contribution in [2.75, 3.05) is 0 Å². The van der Waals surface area contributed by atoms with Gasteiger partial charge in [0.2, 0.25) is 0 Å². The zero-order chi connectivity index (χ0) is 14.4. The van der Waals surface area contributed by atoms with Crippen molar-refractivity contribution in [3.05, 3.63) is 35.9 Å². The Balaban J connectivity index is 2.12. The van der Waals surface area contributed by atoms with E-state index in [0.29, 0.717) is 6.04 Å². The third-order valence-electron chi connectivity index (χ3n) is 4.33. The largest absolute Gasteiger partial charge is 0.338 e. The van der Waals surface area contributed by atoms with E-state index in [1.807, 2.05) is 22.9 Å². The van der Waals surface area contributed by atoms with E-state index >= 15 is 0 Å². The highest BCUT2D eigenvalue weighted by atomic mass is 31.2. The van der Waals surface area contributed by atoms with Crippen molar-refractivity contribution in [3.8, 4) is 0 Å². The van der Waals surface area contributed by atoms with Crippen molar-refractivity contribution < 1.29 is 9.79 Å². The first-order chi connectivity index (χ1) is 9.70. The van der Waals surface area contributed by atoms with Gasteiger partial charge in [-0.3, -0.25) is 0 Å². The van der Waals surface area contributed by atoms with Gasteiger partial charge in [0, 0.05) is 12.1 Å². The molecule has 0 heterocycles. The van der Waals surface area contributed by atoms with Crippen LogP contribution in [-0.2, 0) is 0 Å². The molecule has 1 aliphatic rings. The van der Waals surface area contributed by atoms with Crippen LogP contribution in [0.5, 0.6) is 0 Å². The maximum atomic E-state index is 9.90. The van der Waals surface area contributed by atoms with Crippen molar-refractivity contribution in [1.29, 1.82) is 0 Å². The summed E-state index contributed by atoms with van der Waals surface area (Å²) in [6, 6.07) is 10.5. The highest BCUT2D eigenvalue weighted by Gasteiger charge is 2.30. The van der Waals surface area contributed by atoms with Crippen molar-refractivity contribution in [3.63, 3.8) is 0 Å². The van der Waals surface area contributed by atoms with E-state index in [9.17, 15) is 9.79 Å². The summed E-state index contributed by atoms with van der Waals surface area (Å²) >= 11 is 0. The summed E-state index contributed by atoms with van der Waals surface area (Å²) in [5.41, 5.74) is 1.16. The van der Waals surface area contributed by atoms with Gasteiger partial charge in [0.1, 0.15) is 0 Å². The van der Waals surface area contributed by atoms with Gasteiger partial charge in [0.05, 0.1) is 0 Å². The van der Waals surface area contributed by atoms with Crippen LogP contribution in [0, 0.1) is 0 Å². The predicted octanol–water partition coefficient (Wildman–Crippen LogP) is 4.37. The fourth-order valence-corrected chi connectivity index (χ4v) is 4.17. The second kappa shape index (κ2) is 8.09. The Labute approximate surface area is 123 Å². The molecule has 0 amide bonds. The average molecular weight is 295 g/mol. The summed E-state index contributed by atoms with van der Waals surface area (Å²) < 4.78 is 1.94. The molecular weight excluding hydrogens is 269 g/mol. The molecule has 1 saturated carbocycles. The molecule has 20 heavy (non-hydrogen) atoms. The molecule has 3 nitrogen and oxygen atoms in total. The van der Waals surface area contributed by atoms with Crippen LogP contribution >= 0.6 is 8.53 Å². The molecule has 0 radical (unpaired) electrons. The van der Waals surface area contributed by atoms with Gasteiger partial charge < -0.3 is 9.79 Å². The molecule has 0 unspecified atom stereocenters. The summed E-state index contributed by atoms with van der Waals surface area (Å²) in [6.07, 6.45) is 8.44. The molecule has 1 aromatic rings. The van der Waals surface area contributed by atoms with E-state index in [2.05, 4.69) is 19.1 Å². The Hall–Kier alpha value is -0.470. The lowest BCUT2D eigenvalue weighted by Crippen LogP contribution is -2.33. The zero-order valence-corrected chi connectivity index (χ0v) is 13.2. The fourth-order valence-electron chi connectivity index (χ4n) is 3.20. The molecule has 0 aromatic heterocycles. The Morgan fingerprint density at radius 1 is 1.00 bits per heavy atom. The minimum atomic E-state index is -2.04. The molecule has 0 aliphatic heterocycles. The summed E-state index contributed by atoms with van der Waals surface area (Å²) in [7, 11) is -2.04. The number of hydrogen-bond acceptors (Lipinski definition) is 3. The van der Waals surface area contributed by atoms with Gasteiger partial charge in [-0.2, -0.15) is 0 Å². The van der Waals surface area contributed by atoms with Crippen molar-refractivity contribution in [2.24, 2.45) is 0 Å². The van der Waals surface area contributed by atoms with Crippen LogP contribution in [0.1, 0.15) is 63.5 Å². The second-order valence-corrected chi connectivity index (χ2v) is 6.73. The number of nitrogens with zero attached hydrogens (tertiary/aromatic N) is 1. The summed E-state index contributed by atoms with van der Waals surface area (Å²) in [6.45, 7) is 2.08. The minimum absolute atomic E-state index is 0.0572. The third kappa shape index (κ3) is 4.26. The lowest BCUT2D eigenvalue weighted by molar-refractivity contribution is 0.196. The van der Waals surface area contributed by atoms with Crippen LogP contribution in [0.15, 0.2) is 30.3 Å². The molecule has 1 aromatic carbocycles. The minimum Gasteiger partial charge on any atom is -0.338 e. The van der Waals surface area contributed by atoms with E-state index in [1.165, 1.54) is 32.1 Å². The van der Waals surface area contributed by atoms with E-state index in [0.717, 1.165) is 18.4 Å². The first-order valence-electron chi connectivity index (χ1n) is 7.71. The quantitative estimate of drug-likeness (QED) is 0.810. The van der Waals surface area contributed by atoms with Gasteiger partial charge >= 0.3 is 0 Å². The molecule has 2 N–H and O–H groups in total. The van der Waals surface area contributed by atoms with Gasteiger partial charge in [-0.25, -0.2) is 4.67 Å². The predicted molar refractivity (Wildman–Crippen MR) is 84.2 cm³/mol. The maximum absolute atomic E-state index is 9.90. The van der Waals surface area contributed by atoms with Crippen LogP contribution in [0.25, 0.3) is 0 Å². The van der Waals surface area contributed by atoms with Crippen molar-refractivity contribution >= 4 is 8.53 Å². The SMILES string of the molecule is C[C@H](c1ccccc1)N(C1CCCCCCC1)P(O)O. The number of hydrogen-bond donors (Lipinski definition) is 2. The molecule has 1 fully saturated rings. The van der Waals surface area contributed by atoms with Crippen molar-refractivity contribution in [2.45, 2.75) is 64.0 Å². The lowest BCUT2D eigenvalue weighted by Gasteiger charge is -2.37. The van der Waals surface area contributed by atoms with Crippen LogP contribution in [0.3, 0.4) is 0 Å². The van der Waals surface area contributed by atoms with Gasteiger partial charge in [-0.15, -0.1) is 0 Å². The molecule has 4 heteroatoms. The van der Waals surface area contributed by atoms with Gasteiger partial charge in [-0.05, 0) is 25.3 Å². The van der Waals surface area contributed by atoms with Crippen LogP contribution in [-0.4, -0.2) is 20.5 Å². The van der Waals surface area contributed by atoms with Crippen LogP contribution in [0.2, 0.25) is 0 Å². The Morgan fingerprint density at radius 3 is 2.10 bits per heavy atom. The lowest BCUT2D eigenvalue weighted by atomic mass is 9.95. The van der Waals surface area contributed by atoms with E-state index < -0.39 is 8.53 Å². The molecule has 1 aliphatic carbocycles. The zero-order valence-electron chi connectivity index (χ0n) is 12.3. The van der Waals surface area contributed by atoms with E-state index in [1.54, 1.807) is 0 Å². The monoisotopic (exact) mass is 295 g/mol. The van der Waals surface area contributed by atoms with E-state index in [-0.39, 0.29) is 6.04 Å². The normalized spacial score (nSPS) is 19.9. The highest BCUT2D eigenvalue weighted by Crippen LogP contribution is 2.43. The molecule has 0 spiro atoms. The summed E-state index contributed by atoms with van der Waals surface area (Å²) in [5, 5.41) is 0. The van der Waals surface area contributed by atoms with Crippen molar-refractivity contribution in [1.82, 2.24) is 4.67 Å².